The number of aryl methyl sites for hydroxylation is 1. The predicted octanol–water partition coefficient (Wildman–Crippen LogP) is 3.55. The molecule has 1 aromatic heterocycles. The minimum atomic E-state index is 0.334. The minimum absolute atomic E-state index is 0.334. The molecule has 0 unspecified atom stereocenters. The molecule has 0 radical (unpaired) electrons. The summed E-state index contributed by atoms with van der Waals surface area (Å²) in [6.07, 6.45) is 0. The number of hydrogen-bond donors (Lipinski definition) is 1. The van der Waals surface area contributed by atoms with E-state index >= 15 is 0 Å². The summed E-state index contributed by atoms with van der Waals surface area (Å²) >= 11 is 0. The van der Waals surface area contributed by atoms with Gasteiger partial charge in [0.15, 0.2) is 0 Å². The van der Waals surface area contributed by atoms with Gasteiger partial charge in [-0.05, 0) is 23.8 Å². The largest absolute Gasteiger partial charge is 0.507 e. The van der Waals surface area contributed by atoms with Crippen LogP contribution in [0.1, 0.15) is 0 Å². The van der Waals surface area contributed by atoms with Crippen molar-refractivity contribution in [2.75, 3.05) is 0 Å². The lowest BCUT2D eigenvalue weighted by atomic mass is 10.1. The summed E-state index contributed by atoms with van der Waals surface area (Å²) in [6, 6.07) is 17.8. The highest BCUT2D eigenvalue weighted by Gasteiger charge is 2.09. The van der Waals surface area contributed by atoms with Gasteiger partial charge in [-0.3, -0.25) is 0 Å². The Labute approximate surface area is 99.7 Å². The molecule has 2 aromatic carbocycles. The quantitative estimate of drug-likeness (QED) is 0.670. The first-order chi connectivity index (χ1) is 8.27. The highest BCUT2D eigenvalue weighted by molar-refractivity contribution is 5.91. The van der Waals surface area contributed by atoms with Crippen LogP contribution in [0.4, 0.5) is 0 Å². The van der Waals surface area contributed by atoms with E-state index in [4.69, 9.17) is 0 Å². The van der Waals surface area contributed by atoms with Crippen molar-refractivity contribution in [1.29, 1.82) is 0 Å². The van der Waals surface area contributed by atoms with Gasteiger partial charge in [0, 0.05) is 18.1 Å². The van der Waals surface area contributed by atoms with Crippen molar-refractivity contribution in [3.63, 3.8) is 0 Å². The maximum absolute atomic E-state index is 9.84. The zero-order chi connectivity index (χ0) is 11.8. The standard InChI is InChI=1S/C15H13NO/c1-16-13-8-5-9-15(17)12(13)10-14(16)11-6-3-2-4-7-11/h2-10,17H,1H3. The third-order valence-corrected chi connectivity index (χ3v) is 3.13. The first-order valence-corrected chi connectivity index (χ1v) is 5.60. The van der Waals surface area contributed by atoms with Crippen LogP contribution in [-0.2, 0) is 7.05 Å². The Hall–Kier alpha value is -2.22. The second-order valence-corrected chi connectivity index (χ2v) is 4.16. The van der Waals surface area contributed by atoms with Gasteiger partial charge in [-0.1, -0.05) is 36.4 Å². The fourth-order valence-corrected chi connectivity index (χ4v) is 2.23. The minimum Gasteiger partial charge on any atom is -0.507 e. The molecule has 2 heteroatoms. The summed E-state index contributed by atoms with van der Waals surface area (Å²) in [5.41, 5.74) is 3.32. The van der Waals surface area contributed by atoms with Crippen molar-refractivity contribution in [3.05, 3.63) is 54.6 Å². The summed E-state index contributed by atoms with van der Waals surface area (Å²) in [7, 11) is 2.02. The summed E-state index contributed by atoms with van der Waals surface area (Å²) in [4.78, 5) is 0. The third-order valence-electron chi connectivity index (χ3n) is 3.13. The van der Waals surface area contributed by atoms with E-state index < -0.39 is 0 Å². The normalized spacial score (nSPS) is 10.9. The maximum Gasteiger partial charge on any atom is 0.124 e. The SMILES string of the molecule is Cn1c(-c2ccccc2)cc2c(O)cccc21. The molecule has 0 aliphatic carbocycles. The Balaban J connectivity index is 2.32. The van der Waals surface area contributed by atoms with Crippen molar-refractivity contribution in [1.82, 2.24) is 4.57 Å². The van der Waals surface area contributed by atoms with E-state index in [-0.39, 0.29) is 0 Å². The van der Waals surface area contributed by atoms with Crippen LogP contribution in [0.5, 0.6) is 5.75 Å². The fourth-order valence-electron chi connectivity index (χ4n) is 2.23. The molecule has 3 aromatic rings. The van der Waals surface area contributed by atoms with Crippen molar-refractivity contribution in [2.24, 2.45) is 7.05 Å². The first-order valence-electron chi connectivity index (χ1n) is 5.60. The molecule has 2 nitrogen and oxygen atoms in total. The molecule has 0 fully saturated rings. The molecule has 17 heavy (non-hydrogen) atoms. The second-order valence-electron chi connectivity index (χ2n) is 4.16. The molecule has 0 atom stereocenters. The first kappa shape index (κ1) is 9.97. The Morgan fingerprint density at radius 2 is 1.71 bits per heavy atom. The lowest BCUT2D eigenvalue weighted by Crippen LogP contribution is -1.90. The molecule has 0 aliphatic rings. The fraction of sp³-hybridized carbons (Fsp3) is 0.0667. The van der Waals surface area contributed by atoms with Gasteiger partial charge in [-0.15, -0.1) is 0 Å². The van der Waals surface area contributed by atoms with Gasteiger partial charge < -0.3 is 9.67 Å². The molecule has 1 N–H and O–H groups in total. The molecule has 0 spiro atoms. The Bertz CT molecular complexity index is 668. The summed E-state index contributed by atoms with van der Waals surface area (Å²) < 4.78 is 2.10. The van der Waals surface area contributed by atoms with Gasteiger partial charge in [-0.25, -0.2) is 0 Å². The van der Waals surface area contributed by atoms with Crippen LogP contribution in [0, 0.1) is 0 Å². The molecular weight excluding hydrogens is 210 g/mol. The van der Waals surface area contributed by atoms with Crippen molar-refractivity contribution in [2.45, 2.75) is 0 Å². The number of phenols is 1. The number of benzene rings is 2. The van der Waals surface area contributed by atoms with E-state index in [1.54, 1.807) is 6.07 Å². The highest BCUT2D eigenvalue weighted by atomic mass is 16.3. The second kappa shape index (κ2) is 3.67. The monoisotopic (exact) mass is 223 g/mol. The van der Waals surface area contributed by atoms with Crippen molar-refractivity contribution in [3.8, 4) is 17.0 Å². The van der Waals surface area contributed by atoms with Crippen LogP contribution in [0.15, 0.2) is 54.6 Å². The smallest absolute Gasteiger partial charge is 0.124 e. The third kappa shape index (κ3) is 1.49. The molecular formula is C15H13NO. The van der Waals surface area contributed by atoms with Gasteiger partial charge in [0.05, 0.1) is 5.52 Å². The molecule has 84 valence electrons. The van der Waals surface area contributed by atoms with Crippen molar-refractivity contribution < 1.29 is 5.11 Å². The highest BCUT2D eigenvalue weighted by Crippen LogP contribution is 2.31. The van der Waals surface area contributed by atoms with Crippen LogP contribution in [0.2, 0.25) is 0 Å². The van der Waals surface area contributed by atoms with Crippen LogP contribution in [-0.4, -0.2) is 9.67 Å². The summed E-state index contributed by atoms with van der Waals surface area (Å²) in [6.45, 7) is 0. The predicted molar refractivity (Wildman–Crippen MR) is 70.0 cm³/mol. The van der Waals surface area contributed by atoms with E-state index in [0.717, 1.165) is 22.2 Å². The van der Waals surface area contributed by atoms with Crippen LogP contribution in [0.25, 0.3) is 22.2 Å². The zero-order valence-corrected chi connectivity index (χ0v) is 9.59. The topological polar surface area (TPSA) is 25.2 Å². The average molecular weight is 223 g/mol. The molecule has 0 aliphatic heterocycles. The van der Waals surface area contributed by atoms with E-state index in [1.807, 2.05) is 43.4 Å². The number of nitrogens with zero attached hydrogens (tertiary/aromatic N) is 1. The van der Waals surface area contributed by atoms with E-state index in [0.29, 0.717) is 5.75 Å². The van der Waals surface area contributed by atoms with E-state index in [2.05, 4.69) is 16.7 Å². The number of aromatic hydroxyl groups is 1. The van der Waals surface area contributed by atoms with Crippen LogP contribution in [0.3, 0.4) is 0 Å². The Morgan fingerprint density at radius 3 is 2.41 bits per heavy atom. The number of rotatable bonds is 1. The maximum atomic E-state index is 9.84. The number of aromatic nitrogens is 1. The number of hydrogen-bond acceptors (Lipinski definition) is 1. The lowest BCUT2D eigenvalue weighted by molar-refractivity contribution is 0.481. The average Bonchev–Trinajstić information content (AvgIpc) is 2.70. The lowest BCUT2D eigenvalue weighted by Gasteiger charge is -2.03. The number of phenolic OH excluding ortho intramolecular Hbond substituents is 1. The zero-order valence-electron chi connectivity index (χ0n) is 9.59. The molecule has 0 bridgehead atoms. The van der Waals surface area contributed by atoms with E-state index in [9.17, 15) is 5.11 Å². The van der Waals surface area contributed by atoms with Gasteiger partial charge in [-0.2, -0.15) is 0 Å². The van der Waals surface area contributed by atoms with Gasteiger partial charge in [0.25, 0.3) is 0 Å². The molecule has 0 saturated carbocycles. The van der Waals surface area contributed by atoms with Crippen molar-refractivity contribution >= 4 is 10.9 Å². The van der Waals surface area contributed by atoms with Gasteiger partial charge in [0.2, 0.25) is 0 Å². The summed E-state index contributed by atoms with van der Waals surface area (Å²) in [5, 5.41) is 10.7. The molecule has 0 amide bonds. The molecule has 3 rings (SSSR count). The number of fused-ring (bicyclic) bond motifs is 1. The van der Waals surface area contributed by atoms with E-state index in [1.165, 1.54) is 0 Å². The Morgan fingerprint density at radius 1 is 0.941 bits per heavy atom. The van der Waals surface area contributed by atoms with Gasteiger partial charge >= 0.3 is 0 Å². The van der Waals surface area contributed by atoms with Gasteiger partial charge in [0.1, 0.15) is 5.75 Å². The molecule has 0 saturated heterocycles. The van der Waals surface area contributed by atoms with Crippen LogP contribution < -0.4 is 0 Å². The molecule has 1 heterocycles. The van der Waals surface area contributed by atoms with Crippen LogP contribution >= 0.6 is 0 Å². The Kier molecular flexibility index (Phi) is 2.15. The summed E-state index contributed by atoms with van der Waals surface area (Å²) in [5.74, 6) is 0.334.